The second kappa shape index (κ2) is 17.8. The molecule has 0 saturated carbocycles. The van der Waals surface area contributed by atoms with Crippen molar-refractivity contribution in [3.63, 3.8) is 0 Å². The molecule has 2 aromatic rings. The third-order valence-corrected chi connectivity index (χ3v) is 7.46. The van der Waals surface area contributed by atoms with Crippen LogP contribution >= 0.6 is 0 Å². The molecule has 0 unspecified atom stereocenters. The van der Waals surface area contributed by atoms with Gasteiger partial charge in [-0.15, -0.1) is 0 Å². The van der Waals surface area contributed by atoms with Gasteiger partial charge in [0.05, 0.1) is 39.3 Å². The summed E-state index contributed by atoms with van der Waals surface area (Å²) < 4.78 is 2.34. The molecule has 0 aliphatic rings. The number of hydrogen-bond donors (Lipinski definition) is 0. The third-order valence-electron chi connectivity index (χ3n) is 7.46. The molecule has 192 valence electrons. The summed E-state index contributed by atoms with van der Waals surface area (Å²) in [6.45, 7) is 30.8. The maximum atomic E-state index is 3.82. The van der Waals surface area contributed by atoms with Crippen LogP contribution in [0.3, 0.4) is 0 Å². The van der Waals surface area contributed by atoms with Crippen molar-refractivity contribution >= 4 is 12.2 Å². The maximum Gasteiger partial charge on any atom is 0.104 e. The Hall–Kier alpha value is -1.58. The molecule has 34 heavy (non-hydrogen) atoms. The summed E-state index contributed by atoms with van der Waals surface area (Å²) in [6, 6.07) is 17.5. The smallest absolute Gasteiger partial charge is 0.104 e. The van der Waals surface area contributed by atoms with E-state index in [9.17, 15) is 0 Å². The summed E-state index contributed by atoms with van der Waals surface area (Å²) >= 11 is 0. The molecule has 0 N–H and O–H groups in total. The molecule has 0 aromatic heterocycles. The molecule has 0 amide bonds. The van der Waals surface area contributed by atoms with E-state index in [0.717, 1.165) is 13.1 Å². The standard InChI is InChI=1S/2C15H24N.2ClH/c1-5-14-9-11-15(12-10-14)13-16(6-2,7-3)8-4;1-5-14-10-9-11-15(12-14)13-16(6-2,7-3)8-4;;/h2*5,9-12H,1,6-8,13H2,2-4H3;2*1H/q2*+1;;/p-2. The van der Waals surface area contributed by atoms with Crippen molar-refractivity contribution in [3.05, 3.63) is 83.9 Å². The van der Waals surface area contributed by atoms with E-state index < -0.39 is 0 Å². The maximum absolute atomic E-state index is 3.82. The van der Waals surface area contributed by atoms with Crippen molar-refractivity contribution in [1.29, 1.82) is 0 Å². The van der Waals surface area contributed by atoms with E-state index in [1.165, 1.54) is 70.5 Å². The lowest BCUT2D eigenvalue weighted by molar-refractivity contribution is -0.936. The van der Waals surface area contributed by atoms with Crippen molar-refractivity contribution in [2.24, 2.45) is 0 Å². The van der Waals surface area contributed by atoms with Crippen LogP contribution in [0.25, 0.3) is 12.2 Å². The van der Waals surface area contributed by atoms with Crippen molar-refractivity contribution in [2.75, 3.05) is 39.3 Å². The van der Waals surface area contributed by atoms with Gasteiger partial charge >= 0.3 is 0 Å². The Kier molecular flexibility index (Phi) is 18.1. The third kappa shape index (κ3) is 10.4. The summed E-state index contributed by atoms with van der Waals surface area (Å²) in [5, 5.41) is 0. The molecule has 0 atom stereocenters. The normalized spacial score (nSPS) is 10.8. The minimum Gasteiger partial charge on any atom is -1.00 e. The fraction of sp³-hybridized carbons (Fsp3) is 0.467. The highest BCUT2D eigenvalue weighted by Crippen LogP contribution is 2.16. The number of benzene rings is 2. The summed E-state index contributed by atoms with van der Waals surface area (Å²) in [5.74, 6) is 0. The Balaban J connectivity index is 0. The largest absolute Gasteiger partial charge is 1.00 e. The Morgan fingerprint density at radius 3 is 1.35 bits per heavy atom. The zero-order valence-electron chi connectivity index (χ0n) is 22.5. The molecule has 2 aromatic carbocycles. The fourth-order valence-electron chi connectivity index (χ4n) is 4.36. The molecule has 0 bridgehead atoms. The molecule has 2 rings (SSSR count). The van der Waals surface area contributed by atoms with Crippen LogP contribution in [-0.4, -0.2) is 48.2 Å². The van der Waals surface area contributed by atoms with Gasteiger partial charge in [-0.25, -0.2) is 0 Å². The van der Waals surface area contributed by atoms with Crippen LogP contribution < -0.4 is 24.8 Å². The van der Waals surface area contributed by atoms with E-state index in [4.69, 9.17) is 0 Å². The van der Waals surface area contributed by atoms with Crippen LogP contribution in [0.1, 0.15) is 63.8 Å². The number of quaternary nitrogens is 2. The van der Waals surface area contributed by atoms with Gasteiger partial charge in [-0.1, -0.05) is 67.8 Å². The Labute approximate surface area is 223 Å². The average molecular weight is 508 g/mol. The average Bonchev–Trinajstić information content (AvgIpc) is 2.87. The van der Waals surface area contributed by atoms with Gasteiger partial charge in [-0.3, -0.25) is 0 Å². The summed E-state index contributed by atoms with van der Waals surface area (Å²) in [5.41, 5.74) is 5.27. The highest BCUT2D eigenvalue weighted by atomic mass is 35.5. The predicted octanol–water partition coefficient (Wildman–Crippen LogP) is 1.42. The van der Waals surface area contributed by atoms with Crippen molar-refractivity contribution < 1.29 is 33.8 Å². The first-order valence-corrected chi connectivity index (χ1v) is 12.5. The summed E-state index contributed by atoms with van der Waals surface area (Å²) in [4.78, 5) is 0. The quantitative estimate of drug-likeness (QED) is 0.382. The van der Waals surface area contributed by atoms with Gasteiger partial charge in [0, 0.05) is 11.1 Å². The zero-order chi connectivity index (χ0) is 24.0. The van der Waals surface area contributed by atoms with Gasteiger partial charge in [0.25, 0.3) is 0 Å². The molecule has 0 heterocycles. The van der Waals surface area contributed by atoms with Crippen LogP contribution in [0.5, 0.6) is 0 Å². The Bertz CT molecular complexity index is 790. The Morgan fingerprint density at radius 2 is 0.971 bits per heavy atom. The highest BCUT2D eigenvalue weighted by Gasteiger charge is 2.21. The van der Waals surface area contributed by atoms with Gasteiger partial charge in [-0.05, 0) is 58.7 Å². The minimum absolute atomic E-state index is 0. The first kappa shape index (κ1) is 34.6. The summed E-state index contributed by atoms with van der Waals surface area (Å²) in [6.07, 6.45) is 3.81. The van der Waals surface area contributed by atoms with Gasteiger partial charge in [0.2, 0.25) is 0 Å². The van der Waals surface area contributed by atoms with Crippen LogP contribution in [0.15, 0.2) is 61.7 Å². The lowest BCUT2D eigenvalue weighted by Gasteiger charge is -2.36. The van der Waals surface area contributed by atoms with Gasteiger partial charge in [-0.2, -0.15) is 0 Å². The van der Waals surface area contributed by atoms with Crippen molar-refractivity contribution in [2.45, 2.75) is 54.6 Å². The van der Waals surface area contributed by atoms with E-state index in [1.54, 1.807) is 0 Å². The molecular formula is C30H48Cl2N2. The highest BCUT2D eigenvalue weighted by molar-refractivity contribution is 5.48. The molecule has 0 aliphatic carbocycles. The minimum atomic E-state index is 0. The molecule has 4 heteroatoms. The monoisotopic (exact) mass is 506 g/mol. The molecule has 0 saturated heterocycles. The van der Waals surface area contributed by atoms with Crippen LogP contribution in [0.2, 0.25) is 0 Å². The van der Waals surface area contributed by atoms with Gasteiger partial charge in [0.15, 0.2) is 0 Å². The first-order chi connectivity index (χ1) is 15.4. The molecular weight excluding hydrogens is 459 g/mol. The van der Waals surface area contributed by atoms with Gasteiger partial charge < -0.3 is 33.8 Å². The fourth-order valence-corrected chi connectivity index (χ4v) is 4.36. The predicted molar refractivity (Wildman–Crippen MR) is 144 cm³/mol. The molecule has 0 aliphatic heterocycles. The molecule has 0 radical (unpaired) electrons. The zero-order valence-corrected chi connectivity index (χ0v) is 24.0. The van der Waals surface area contributed by atoms with E-state index in [2.05, 4.69) is 103 Å². The van der Waals surface area contributed by atoms with E-state index in [-0.39, 0.29) is 24.8 Å². The number of rotatable bonds is 12. The second-order valence-electron chi connectivity index (χ2n) is 8.79. The SMILES string of the molecule is C=Cc1ccc(C[N+](CC)(CC)CC)cc1.C=Cc1cccc(C[N+](CC)(CC)CC)c1.[Cl-].[Cl-]. The lowest BCUT2D eigenvalue weighted by Crippen LogP contribution is -3.00. The van der Waals surface area contributed by atoms with Crippen LogP contribution in [0.4, 0.5) is 0 Å². The lowest BCUT2D eigenvalue weighted by atomic mass is 10.1. The Morgan fingerprint density at radius 1 is 0.559 bits per heavy atom. The molecule has 2 nitrogen and oxygen atoms in total. The van der Waals surface area contributed by atoms with Crippen molar-refractivity contribution in [1.82, 2.24) is 0 Å². The number of hydrogen-bond acceptors (Lipinski definition) is 0. The second-order valence-corrected chi connectivity index (χ2v) is 8.79. The first-order valence-electron chi connectivity index (χ1n) is 12.5. The van der Waals surface area contributed by atoms with Gasteiger partial charge in [0.1, 0.15) is 13.1 Å². The number of nitrogens with zero attached hydrogens (tertiary/aromatic N) is 2. The van der Waals surface area contributed by atoms with Crippen LogP contribution in [0, 0.1) is 0 Å². The van der Waals surface area contributed by atoms with Crippen LogP contribution in [-0.2, 0) is 13.1 Å². The topological polar surface area (TPSA) is 0 Å². The summed E-state index contributed by atoms with van der Waals surface area (Å²) in [7, 11) is 0. The van der Waals surface area contributed by atoms with Crippen molar-refractivity contribution in [3.8, 4) is 0 Å². The molecule has 0 spiro atoms. The number of halogens is 2. The molecule has 0 fully saturated rings. The van der Waals surface area contributed by atoms with E-state index in [0.29, 0.717) is 0 Å². The van der Waals surface area contributed by atoms with E-state index in [1.807, 2.05) is 12.2 Å². The van der Waals surface area contributed by atoms with E-state index >= 15 is 0 Å².